The van der Waals surface area contributed by atoms with Gasteiger partial charge < -0.3 is 5.11 Å². The Morgan fingerprint density at radius 2 is 1.54 bits per heavy atom. The van der Waals surface area contributed by atoms with Crippen LogP contribution in [0, 0.1) is 16.7 Å². The van der Waals surface area contributed by atoms with Crippen LogP contribution in [0.3, 0.4) is 0 Å². The molecule has 1 nitrogen and oxygen atoms in total. The first-order chi connectivity index (χ1) is 5.60. The number of aliphatic hydroxyl groups is 1. The smallest absolute Gasteiger partial charge is 0.0501 e. The second kappa shape index (κ2) is 3.83. The molecule has 1 N–H and O–H groups in total. The van der Waals surface area contributed by atoms with Crippen molar-refractivity contribution in [1.82, 2.24) is 0 Å². The molecule has 0 aliphatic carbocycles. The molecule has 1 atom stereocenters. The van der Waals surface area contributed by atoms with Crippen molar-refractivity contribution in [2.45, 2.75) is 41.5 Å². The average Bonchev–Trinajstić information content (AvgIpc) is 1.83. The molecule has 0 aliphatic rings. The first kappa shape index (κ1) is 12.7. The van der Waals surface area contributed by atoms with Crippen LogP contribution < -0.4 is 0 Å². The van der Waals surface area contributed by atoms with E-state index in [0.29, 0.717) is 0 Å². The topological polar surface area (TPSA) is 20.2 Å². The van der Waals surface area contributed by atoms with Gasteiger partial charge in [-0.1, -0.05) is 53.7 Å². The highest BCUT2D eigenvalue weighted by Crippen LogP contribution is 2.39. The quantitative estimate of drug-likeness (QED) is 0.653. The van der Waals surface area contributed by atoms with Crippen molar-refractivity contribution in [3.63, 3.8) is 0 Å². The molecule has 0 radical (unpaired) electrons. The van der Waals surface area contributed by atoms with Crippen molar-refractivity contribution in [2.24, 2.45) is 16.7 Å². The van der Waals surface area contributed by atoms with Crippen LogP contribution in [-0.4, -0.2) is 11.7 Å². The van der Waals surface area contributed by atoms with Gasteiger partial charge in [-0.15, -0.1) is 0 Å². The van der Waals surface area contributed by atoms with Gasteiger partial charge >= 0.3 is 0 Å². The number of hydrogen-bond acceptors (Lipinski definition) is 1. The molecule has 0 aromatic rings. The van der Waals surface area contributed by atoms with E-state index >= 15 is 0 Å². The van der Waals surface area contributed by atoms with Crippen molar-refractivity contribution >= 4 is 0 Å². The lowest BCUT2D eigenvalue weighted by Crippen LogP contribution is -2.30. The first-order valence-electron chi connectivity index (χ1n) is 4.91. The van der Waals surface area contributed by atoms with Gasteiger partial charge in [0.2, 0.25) is 0 Å². The van der Waals surface area contributed by atoms with Crippen molar-refractivity contribution in [1.29, 1.82) is 0 Å². The summed E-state index contributed by atoms with van der Waals surface area (Å²) in [5, 5.41) is 9.33. The molecule has 0 saturated carbocycles. The summed E-state index contributed by atoms with van der Waals surface area (Å²) in [5.74, 6) is 0.187. The minimum atomic E-state index is 0.0840. The number of rotatable bonds is 2. The molecule has 0 spiro atoms. The van der Waals surface area contributed by atoms with E-state index in [4.69, 9.17) is 0 Å². The summed E-state index contributed by atoms with van der Waals surface area (Å²) in [6.45, 7) is 17.2. The van der Waals surface area contributed by atoms with Gasteiger partial charge in [-0.05, 0) is 10.8 Å². The van der Waals surface area contributed by atoms with Crippen LogP contribution in [0.5, 0.6) is 0 Å². The Labute approximate surface area is 82.9 Å². The number of aliphatic hydroxyl groups excluding tert-OH is 1. The van der Waals surface area contributed by atoms with E-state index < -0.39 is 0 Å². The second-order valence-corrected chi connectivity index (χ2v) is 5.88. The molecule has 0 aromatic carbocycles. The third-order valence-corrected chi connectivity index (χ3v) is 2.61. The summed E-state index contributed by atoms with van der Waals surface area (Å²) in [6, 6.07) is 0. The minimum absolute atomic E-state index is 0.0840. The molecular weight excluding hydrogens is 160 g/mol. The standard InChI is InChI=1S/C12H24O/c1-9(11(2,3)4)10(8-13)12(5,6)7/h10,13H,1,8H2,2-7H3. The molecule has 0 amide bonds. The van der Waals surface area contributed by atoms with Crippen LogP contribution in [0.2, 0.25) is 0 Å². The minimum Gasteiger partial charge on any atom is -0.396 e. The monoisotopic (exact) mass is 184 g/mol. The van der Waals surface area contributed by atoms with Gasteiger partial charge in [-0.25, -0.2) is 0 Å². The summed E-state index contributed by atoms with van der Waals surface area (Å²) >= 11 is 0. The zero-order chi connectivity index (χ0) is 10.9. The first-order valence-corrected chi connectivity index (χ1v) is 4.91. The molecule has 0 heterocycles. The van der Waals surface area contributed by atoms with Gasteiger partial charge in [0.1, 0.15) is 0 Å². The van der Waals surface area contributed by atoms with E-state index in [1.54, 1.807) is 0 Å². The lowest BCUT2D eigenvalue weighted by atomic mass is 9.69. The largest absolute Gasteiger partial charge is 0.396 e. The van der Waals surface area contributed by atoms with Gasteiger partial charge in [-0.3, -0.25) is 0 Å². The normalized spacial score (nSPS) is 15.6. The van der Waals surface area contributed by atoms with E-state index in [-0.39, 0.29) is 23.4 Å². The molecule has 0 rings (SSSR count). The van der Waals surface area contributed by atoms with Gasteiger partial charge in [0, 0.05) is 5.92 Å². The molecule has 0 bridgehead atoms. The maximum Gasteiger partial charge on any atom is 0.0501 e. The third-order valence-electron chi connectivity index (χ3n) is 2.61. The fraction of sp³-hybridized carbons (Fsp3) is 0.833. The SMILES string of the molecule is C=C(C(CO)C(C)(C)C)C(C)(C)C. The third kappa shape index (κ3) is 3.51. The Morgan fingerprint density at radius 1 is 1.15 bits per heavy atom. The second-order valence-electron chi connectivity index (χ2n) is 5.88. The zero-order valence-corrected chi connectivity index (χ0v) is 9.94. The summed E-state index contributed by atoms with van der Waals surface area (Å²) in [7, 11) is 0. The van der Waals surface area contributed by atoms with E-state index in [9.17, 15) is 5.11 Å². The summed E-state index contributed by atoms with van der Waals surface area (Å²) < 4.78 is 0. The molecule has 0 fully saturated rings. The fourth-order valence-corrected chi connectivity index (χ4v) is 1.43. The lowest BCUT2D eigenvalue weighted by Gasteiger charge is -2.37. The van der Waals surface area contributed by atoms with Gasteiger partial charge in [0.05, 0.1) is 6.61 Å². The van der Waals surface area contributed by atoms with Crippen LogP contribution in [0.15, 0.2) is 12.2 Å². The Bertz CT molecular complexity index is 178. The maximum atomic E-state index is 9.33. The van der Waals surface area contributed by atoms with Gasteiger partial charge in [0.15, 0.2) is 0 Å². The van der Waals surface area contributed by atoms with E-state index in [0.717, 1.165) is 5.57 Å². The van der Waals surface area contributed by atoms with E-state index in [2.05, 4.69) is 48.1 Å². The highest BCUT2D eigenvalue weighted by atomic mass is 16.3. The van der Waals surface area contributed by atoms with Gasteiger partial charge in [-0.2, -0.15) is 0 Å². The zero-order valence-electron chi connectivity index (χ0n) is 9.94. The Morgan fingerprint density at radius 3 is 1.62 bits per heavy atom. The number of hydrogen-bond donors (Lipinski definition) is 1. The Hall–Kier alpha value is -0.300. The molecule has 0 aromatic heterocycles. The molecular formula is C12H24O. The van der Waals surface area contributed by atoms with Crippen LogP contribution in [0.4, 0.5) is 0 Å². The summed E-state index contributed by atoms with van der Waals surface area (Å²) in [6.07, 6.45) is 0. The van der Waals surface area contributed by atoms with Crippen LogP contribution >= 0.6 is 0 Å². The molecule has 0 aliphatic heterocycles. The van der Waals surface area contributed by atoms with Crippen LogP contribution in [-0.2, 0) is 0 Å². The highest BCUT2D eigenvalue weighted by molar-refractivity contribution is 5.12. The average molecular weight is 184 g/mol. The Kier molecular flexibility index (Phi) is 3.74. The summed E-state index contributed by atoms with van der Waals surface area (Å²) in [5.41, 5.74) is 1.32. The van der Waals surface area contributed by atoms with Crippen LogP contribution in [0.25, 0.3) is 0 Å². The Balaban J connectivity index is 4.72. The highest BCUT2D eigenvalue weighted by Gasteiger charge is 2.31. The predicted molar refractivity (Wildman–Crippen MR) is 58.6 cm³/mol. The van der Waals surface area contributed by atoms with Crippen LogP contribution in [0.1, 0.15) is 41.5 Å². The molecule has 1 heteroatoms. The van der Waals surface area contributed by atoms with E-state index in [1.807, 2.05) is 0 Å². The van der Waals surface area contributed by atoms with Gasteiger partial charge in [0.25, 0.3) is 0 Å². The molecule has 0 saturated heterocycles. The molecule has 13 heavy (non-hydrogen) atoms. The van der Waals surface area contributed by atoms with E-state index in [1.165, 1.54) is 0 Å². The molecule has 78 valence electrons. The van der Waals surface area contributed by atoms with Crippen molar-refractivity contribution < 1.29 is 5.11 Å². The molecule has 1 unspecified atom stereocenters. The van der Waals surface area contributed by atoms with Crippen molar-refractivity contribution in [3.8, 4) is 0 Å². The predicted octanol–water partition coefficient (Wildman–Crippen LogP) is 3.24. The maximum absolute atomic E-state index is 9.33. The van der Waals surface area contributed by atoms with Crippen molar-refractivity contribution in [2.75, 3.05) is 6.61 Å². The lowest BCUT2D eigenvalue weighted by molar-refractivity contribution is 0.142. The fourth-order valence-electron chi connectivity index (χ4n) is 1.43. The summed E-state index contributed by atoms with van der Waals surface area (Å²) in [4.78, 5) is 0. The van der Waals surface area contributed by atoms with Crippen molar-refractivity contribution in [3.05, 3.63) is 12.2 Å².